The van der Waals surface area contributed by atoms with Gasteiger partial charge in [-0.2, -0.15) is 0 Å². The first-order valence-electron chi connectivity index (χ1n) is 6.08. The van der Waals surface area contributed by atoms with Gasteiger partial charge in [0.2, 0.25) is 0 Å². The standard InChI is InChI=1S/C15H14ClFN2O/c1-9(10-3-2-4-11(16)7-10)19-15(20)13-6-5-12(18)8-14(13)17/h2-9H,18H2,1H3,(H,19,20). The van der Waals surface area contributed by atoms with Gasteiger partial charge in [0, 0.05) is 10.7 Å². The molecule has 2 aromatic rings. The first-order chi connectivity index (χ1) is 9.47. The van der Waals surface area contributed by atoms with Crippen molar-refractivity contribution in [3.05, 3.63) is 64.4 Å². The van der Waals surface area contributed by atoms with Crippen LogP contribution in [-0.2, 0) is 0 Å². The molecule has 0 fully saturated rings. The van der Waals surface area contributed by atoms with Gasteiger partial charge in [-0.3, -0.25) is 4.79 Å². The van der Waals surface area contributed by atoms with Gasteiger partial charge >= 0.3 is 0 Å². The van der Waals surface area contributed by atoms with Crippen molar-refractivity contribution in [1.29, 1.82) is 0 Å². The summed E-state index contributed by atoms with van der Waals surface area (Å²) in [6.07, 6.45) is 0. The third-order valence-electron chi connectivity index (χ3n) is 2.93. The zero-order chi connectivity index (χ0) is 14.7. The van der Waals surface area contributed by atoms with Gasteiger partial charge in [0.25, 0.3) is 5.91 Å². The number of nitrogen functional groups attached to an aromatic ring is 1. The highest BCUT2D eigenvalue weighted by molar-refractivity contribution is 6.30. The number of benzene rings is 2. The van der Waals surface area contributed by atoms with Gasteiger partial charge in [0.1, 0.15) is 5.82 Å². The normalized spacial score (nSPS) is 11.9. The van der Waals surface area contributed by atoms with E-state index in [1.54, 1.807) is 25.1 Å². The molecule has 3 nitrogen and oxygen atoms in total. The number of hydrogen-bond acceptors (Lipinski definition) is 2. The second-order valence-corrected chi connectivity index (χ2v) is 4.93. The molecule has 0 heterocycles. The second kappa shape index (κ2) is 5.92. The number of anilines is 1. The lowest BCUT2D eigenvalue weighted by molar-refractivity contribution is 0.0936. The van der Waals surface area contributed by atoms with Gasteiger partial charge in [-0.1, -0.05) is 23.7 Å². The molecule has 0 aliphatic carbocycles. The molecule has 20 heavy (non-hydrogen) atoms. The average molecular weight is 293 g/mol. The van der Waals surface area contributed by atoms with E-state index in [9.17, 15) is 9.18 Å². The largest absolute Gasteiger partial charge is 0.399 e. The maximum atomic E-state index is 13.7. The Hall–Kier alpha value is -2.07. The number of hydrogen-bond donors (Lipinski definition) is 2. The van der Waals surface area contributed by atoms with Gasteiger partial charge in [-0.05, 0) is 42.8 Å². The first-order valence-corrected chi connectivity index (χ1v) is 6.46. The zero-order valence-electron chi connectivity index (χ0n) is 10.9. The molecule has 0 bridgehead atoms. The summed E-state index contributed by atoms with van der Waals surface area (Å²) in [4.78, 5) is 12.0. The van der Waals surface area contributed by atoms with E-state index in [0.717, 1.165) is 11.6 Å². The van der Waals surface area contributed by atoms with Crippen LogP contribution >= 0.6 is 11.6 Å². The van der Waals surface area contributed by atoms with E-state index in [1.165, 1.54) is 12.1 Å². The van der Waals surface area contributed by atoms with Gasteiger partial charge < -0.3 is 11.1 Å². The van der Waals surface area contributed by atoms with Crippen LogP contribution in [0.5, 0.6) is 0 Å². The summed E-state index contributed by atoms with van der Waals surface area (Å²) >= 11 is 5.90. The molecule has 2 aromatic carbocycles. The van der Waals surface area contributed by atoms with E-state index in [1.807, 2.05) is 6.07 Å². The van der Waals surface area contributed by atoms with E-state index in [-0.39, 0.29) is 17.3 Å². The molecule has 1 unspecified atom stereocenters. The molecule has 1 amide bonds. The number of nitrogens with two attached hydrogens (primary N) is 1. The quantitative estimate of drug-likeness (QED) is 0.850. The van der Waals surface area contributed by atoms with Crippen molar-refractivity contribution in [1.82, 2.24) is 5.32 Å². The molecule has 0 aromatic heterocycles. The van der Waals surface area contributed by atoms with Crippen molar-refractivity contribution in [2.75, 3.05) is 5.73 Å². The molecular formula is C15H14ClFN2O. The molecule has 2 rings (SSSR count). The van der Waals surface area contributed by atoms with Crippen LogP contribution in [0.4, 0.5) is 10.1 Å². The van der Waals surface area contributed by atoms with Gasteiger partial charge in [-0.15, -0.1) is 0 Å². The SMILES string of the molecule is CC(NC(=O)c1ccc(N)cc1F)c1cccc(Cl)c1. The zero-order valence-corrected chi connectivity index (χ0v) is 11.6. The molecule has 0 spiro atoms. The smallest absolute Gasteiger partial charge is 0.254 e. The third kappa shape index (κ3) is 3.27. The minimum atomic E-state index is -0.638. The Morgan fingerprint density at radius 3 is 2.70 bits per heavy atom. The van der Waals surface area contributed by atoms with Crippen molar-refractivity contribution >= 4 is 23.2 Å². The predicted octanol–water partition coefficient (Wildman–Crippen LogP) is 3.55. The minimum absolute atomic E-state index is 0.0342. The predicted molar refractivity (Wildman–Crippen MR) is 78.1 cm³/mol. The summed E-state index contributed by atoms with van der Waals surface area (Å²) in [6.45, 7) is 1.80. The summed E-state index contributed by atoms with van der Waals surface area (Å²) in [5.41, 5.74) is 6.54. The molecule has 1 atom stereocenters. The number of amides is 1. The number of rotatable bonds is 3. The lowest BCUT2D eigenvalue weighted by atomic mass is 10.1. The highest BCUT2D eigenvalue weighted by Gasteiger charge is 2.15. The van der Waals surface area contributed by atoms with E-state index >= 15 is 0 Å². The van der Waals surface area contributed by atoms with Crippen molar-refractivity contribution in [2.45, 2.75) is 13.0 Å². The van der Waals surface area contributed by atoms with Crippen molar-refractivity contribution in [2.24, 2.45) is 0 Å². The van der Waals surface area contributed by atoms with Gasteiger partial charge in [0.15, 0.2) is 0 Å². The van der Waals surface area contributed by atoms with Crippen molar-refractivity contribution in [3.8, 4) is 0 Å². The van der Waals surface area contributed by atoms with Crippen molar-refractivity contribution in [3.63, 3.8) is 0 Å². The number of halogens is 2. The first kappa shape index (κ1) is 14.3. The van der Waals surface area contributed by atoms with Crippen LogP contribution in [0.25, 0.3) is 0 Å². The number of carbonyl (C=O) groups is 1. The third-order valence-corrected chi connectivity index (χ3v) is 3.17. The fourth-order valence-corrected chi connectivity index (χ4v) is 2.05. The monoisotopic (exact) mass is 292 g/mol. The Bertz CT molecular complexity index is 646. The maximum absolute atomic E-state index is 13.7. The molecule has 0 saturated carbocycles. The lowest BCUT2D eigenvalue weighted by Gasteiger charge is -2.15. The minimum Gasteiger partial charge on any atom is -0.399 e. The van der Waals surface area contributed by atoms with Crippen LogP contribution in [-0.4, -0.2) is 5.91 Å². The van der Waals surface area contributed by atoms with Crippen molar-refractivity contribution < 1.29 is 9.18 Å². The second-order valence-electron chi connectivity index (χ2n) is 4.49. The lowest BCUT2D eigenvalue weighted by Crippen LogP contribution is -2.27. The topological polar surface area (TPSA) is 55.1 Å². The molecule has 5 heteroatoms. The highest BCUT2D eigenvalue weighted by Crippen LogP contribution is 2.18. The Morgan fingerprint density at radius 2 is 2.05 bits per heavy atom. The maximum Gasteiger partial charge on any atom is 0.254 e. The highest BCUT2D eigenvalue weighted by atomic mass is 35.5. The fourth-order valence-electron chi connectivity index (χ4n) is 1.85. The molecule has 0 aliphatic rings. The van der Waals surface area contributed by atoms with Gasteiger partial charge in [-0.25, -0.2) is 4.39 Å². The summed E-state index contributed by atoms with van der Waals surface area (Å²) in [5.74, 6) is -1.13. The molecule has 3 N–H and O–H groups in total. The molecule has 0 radical (unpaired) electrons. The van der Waals surface area contributed by atoms with Crippen LogP contribution in [0, 0.1) is 5.82 Å². The average Bonchev–Trinajstić information content (AvgIpc) is 2.38. The Labute approximate surface area is 121 Å². The summed E-state index contributed by atoms with van der Waals surface area (Å²) in [7, 11) is 0. The molecule has 0 saturated heterocycles. The Morgan fingerprint density at radius 1 is 1.30 bits per heavy atom. The van der Waals surface area contributed by atoms with Crippen LogP contribution in [0.2, 0.25) is 5.02 Å². The van der Waals surface area contributed by atoms with Crippen LogP contribution in [0.15, 0.2) is 42.5 Å². The van der Waals surface area contributed by atoms with Crippen LogP contribution < -0.4 is 11.1 Å². The summed E-state index contributed by atoms with van der Waals surface area (Å²) in [6, 6.07) is 10.8. The molecular weight excluding hydrogens is 279 g/mol. The van der Waals surface area contributed by atoms with E-state index < -0.39 is 11.7 Å². The van der Waals surface area contributed by atoms with E-state index in [0.29, 0.717) is 5.02 Å². The van der Waals surface area contributed by atoms with Crippen LogP contribution in [0.3, 0.4) is 0 Å². The van der Waals surface area contributed by atoms with E-state index in [2.05, 4.69) is 5.32 Å². The van der Waals surface area contributed by atoms with Crippen LogP contribution in [0.1, 0.15) is 28.9 Å². The fraction of sp³-hybridized carbons (Fsp3) is 0.133. The molecule has 104 valence electrons. The molecule has 0 aliphatic heterocycles. The summed E-state index contributed by atoms with van der Waals surface area (Å²) in [5, 5.41) is 3.31. The number of carbonyl (C=O) groups excluding carboxylic acids is 1. The Balaban J connectivity index is 2.15. The number of nitrogens with one attached hydrogen (secondary N) is 1. The van der Waals surface area contributed by atoms with Gasteiger partial charge in [0.05, 0.1) is 11.6 Å². The Kier molecular flexibility index (Phi) is 4.25. The summed E-state index contributed by atoms with van der Waals surface area (Å²) < 4.78 is 13.7. The van der Waals surface area contributed by atoms with E-state index in [4.69, 9.17) is 17.3 Å².